The van der Waals surface area contributed by atoms with E-state index in [4.69, 9.17) is 48.1 Å². The van der Waals surface area contributed by atoms with Crippen molar-refractivity contribution in [2.75, 3.05) is 13.2 Å². The van der Waals surface area contributed by atoms with Gasteiger partial charge in [0.15, 0.2) is 23.1 Å². The maximum atomic E-state index is 10.6. The van der Waals surface area contributed by atoms with Crippen LogP contribution < -0.4 is 0 Å². The maximum absolute atomic E-state index is 10.6. The van der Waals surface area contributed by atoms with E-state index in [9.17, 15) is 61.3 Å². The topological polar surface area (TPSA) is 460 Å². The third-order valence-electron chi connectivity index (χ3n) is 18.0. The largest absolute Gasteiger partial charge is 0.394 e. The third-order valence-corrected chi connectivity index (χ3v) is 18.0. The molecule has 99 heavy (non-hydrogen) atoms. The lowest BCUT2D eigenvalue weighted by Gasteiger charge is -2.43. The lowest BCUT2D eigenvalue weighted by atomic mass is 9.95. The Labute approximate surface area is 581 Å². The number of aliphatic hydroxyl groups is 14. The number of ether oxygens (including phenoxy) is 8. The predicted octanol–water partition coefficient (Wildman–Crippen LogP) is 3.92. The highest BCUT2D eigenvalue weighted by Gasteiger charge is 2.49. The summed E-state index contributed by atoms with van der Waals surface area (Å²) in [6.07, 6.45) is -1.34. The molecule has 562 valence electrons. The van der Waals surface area contributed by atoms with E-state index in [0.717, 1.165) is 30.4 Å². The zero-order valence-corrected chi connectivity index (χ0v) is 60.4. The summed E-state index contributed by atoms with van der Waals surface area (Å²) in [7, 11) is 0. The molecule has 0 amide bonds. The molecule has 30 heteroatoms. The van der Waals surface area contributed by atoms with Crippen molar-refractivity contribution in [3.05, 3.63) is 95.1 Å². The van der Waals surface area contributed by atoms with Gasteiger partial charge in [-0.05, 0) is 92.4 Å². The number of rotatable bonds is 27. The molecular weight excluding hydrogens is 1290 g/mol. The van der Waals surface area contributed by atoms with Crippen LogP contribution in [-0.4, -0.2) is 227 Å². The predicted molar refractivity (Wildman–Crippen MR) is 355 cm³/mol. The molecule has 0 aromatic carbocycles. The van der Waals surface area contributed by atoms with Gasteiger partial charge in [-0.1, -0.05) is 81.6 Å². The highest BCUT2D eigenvalue weighted by molar-refractivity contribution is 5.16. The molecule has 0 bridgehead atoms. The number of hydrogen-bond donors (Lipinski definition) is 14. The lowest BCUT2D eigenvalue weighted by Crippen LogP contribution is -2.50. The Balaban J connectivity index is 0.000000240. The van der Waals surface area contributed by atoms with Gasteiger partial charge in [0.05, 0.1) is 145 Å². The first-order valence-electron chi connectivity index (χ1n) is 34.4. The second-order valence-corrected chi connectivity index (χ2v) is 27.8. The maximum Gasteiger partial charge on any atom is 0.164 e. The first-order chi connectivity index (χ1) is 46.4. The molecule has 4 aliphatic heterocycles. The van der Waals surface area contributed by atoms with E-state index in [0.29, 0.717) is 48.9 Å². The highest BCUT2D eigenvalue weighted by Crippen LogP contribution is 2.45. The molecule has 8 rings (SSSR count). The van der Waals surface area contributed by atoms with Crippen molar-refractivity contribution in [1.82, 2.24) is 39.9 Å². The van der Waals surface area contributed by atoms with Crippen LogP contribution in [0.15, 0.2) is 49.6 Å². The SMILES string of the molecule is CCC(C)C(O)C(O)c1cnc(C(O)C(O)C(O)CC)cn1.CCC(C)C1OC(C)(C)OC1c1cnc(C2OC(C)(C)OC(CC)C2O)cn1.CCC(C)C1OC(C)(C)OC1c1cnc(C2OC(C)(C)OC2C(O)CC)cn1.OCC(O)C(O)Cc1cncc(C(O)C(O)C(O)CO)n1. The van der Waals surface area contributed by atoms with Crippen molar-refractivity contribution < 1.29 is 109 Å². The lowest BCUT2D eigenvalue weighted by molar-refractivity contribution is -0.336. The van der Waals surface area contributed by atoms with Gasteiger partial charge in [0.2, 0.25) is 0 Å². The normalized spacial score (nSPS) is 28.1. The Morgan fingerprint density at radius 3 is 1.18 bits per heavy atom. The molecule has 4 saturated heterocycles. The van der Waals surface area contributed by atoms with Crippen LogP contribution in [0, 0.1) is 17.8 Å². The van der Waals surface area contributed by atoms with E-state index in [1.165, 1.54) is 18.6 Å². The summed E-state index contributed by atoms with van der Waals surface area (Å²) in [6.45, 7) is 31.6. The third kappa shape index (κ3) is 23.2. The van der Waals surface area contributed by atoms with Crippen LogP contribution in [0.5, 0.6) is 0 Å². The smallest absolute Gasteiger partial charge is 0.164 e. The molecular formula is C69H114N8O22. The van der Waals surface area contributed by atoms with E-state index in [2.05, 4.69) is 67.6 Å². The van der Waals surface area contributed by atoms with E-state index in [1.54, 1.807) is 31.7 Å². The molecule has 4 aliphatic rings. The minimum Gasteiger partial charge on any atom is -0.394 e. The summed E-state index contributed by atoms with van der Waals surface area (Å²) >= 11 is 0. The Hall–Kier alpha value is -4.56. The number of nitrogens with zero attached hydrogens (tertiary/aromatic N) is 8. The van der Waals surface area contributed by atoms with Gasteiger partial charge in [0.25, 0.3) is 0 Å². The van der Waals surface area contributed by atoms with Gasteiger partial charge >= 0.3 is 0 Å². The number of hydrogen-bond acceptors (Lipinski definition) is 30. The van der Waals surface area contributed by atoms with Crippen LogP contribution in [0.3, 0.4) is 0 Å². The van der Waals surface area contributed by atoms with Crippen LogP contribution >= 0.6 is 0 Å². The summed E-state index contributed by atoms with van der Waals surface area (Å²) in [5.74, 6) is -2.30. The number of aliphatic hydroxyl groups excluding tert-OH is 14. The van der Waals surface area contributed by atoms with Crippen LogP contribution in [0.1, 0.15) is 245 Å². The molecule has 8 heterocycles. The molecule has 4 fully saturated rings. The molecule has 14 N–H and O–H groups in total. The second kappa shape index (κ2) is 37.7. The first-order valence-corrected chi connectivity index (χ1v) is 34.4. The highest BCUT2D eigenvalue weighted by atomic mass is 16.8. The molecule has 23 atom stereocenters. The zero-order chi connectivity index (χ0) is 74.2. The monoisotopic (exact) mass is 1410 g/mol. The molecule has 0 aliphatic carbocycles. The second-order valence-electron chi connectivity index (χ2n) is 27.8. The summed E-state index contributed by atoms with van der Waals surface area (Å²) in [5.41, 5.74) is 3.14. The molecule has 0 spiro atoms. The fourth-order valence-corrected chi connectivity index (χ4v) is 11.4. The molecule has 23 unspecified atom stereocenters. The summed E-state index contributed by atoms with van der Waals surface area (Å²) in [5, 5.41) is 135. The minimum atomic E-state index is -1.65. The fraction of sp³-hybridized carbons (Fsp3) is 0.768. The van der Waals surface area contributed by atoms with Gasteiger partial charge < -0.3 is 109 Å². The van der Waals surface area contributed by atoms with Gasteiger partial charge in [0, 0.05) is 12.6 Å². The Morgan fingerprint density at radius 1 is 0.394 bits per heavy atom. The van der Waals surface area contributed by atoms with E-state index >= 15 is 0 Å². The molecule has 0 saturated carbocycles. The molecule has 30 nitrogen and oxygen atoms in total. The Bertz CT molecular complexity index is 2770. The Kier molecular flexibility index (Phi) is 32.4. The zero-order valence-electron chi connectivity index (χ0n) is 60.4. The van der Waals surface area contributed by atoms with Crippen LogP contribution in [0.2, 0.25) is 0 Å². The van der Waals surface area contributed by atoms with Crippen LogP contribution in [0.4, 0.5) is 0 Å². The van der Waals surface area contributed by atoms with Crippen molar-refractivity contribution >= 4 is 0 Å². The van der Waals surface area contributed by atoms with Crippen LogP contribution in [-0.2, 0) is 44.3 Å². The first kappa shape index (κ1) is 85.1. The van der Waals surface area contributed by atoms with E-state index < -0.39 is 128 Å². The molecule has 4 aromatic heterocycles. The van der Waals surface area contributed by atoms with Gasteiger partial charge in [0.1, 0.15) is 79.4 Å². The summed E-state index contributed by atoms with van der Waals surface area (Å²) in [6, 6.07) is 0. The van der Waals surface area contributed by atoms with Crippen molar-refractivity contribution in [3.63, 3.8) is 0 Å². The van der Waals surface area contributed by atoms with Crippen molar-refractivity contribution in [2.45, 2.75) is 308 Å². The minimum absolute atomic E-state index is 0.0572. The van der Waals surface area contributed by atoms with Crippen molar-refractivity contribution in [3.8, 4) is 0 Å². The van der Waals surface area contributed by atoms with Gasteiger partial charge in [-0.2, -0.15) is 0 Å². The van der Waals surface area contributed by atoms with Gasteiger partial charge in [-0.25, -0.2) is 0 Å². The molecule has 0 radical (unpaired) electrons. The van der Waals surface area contributed by atoms with Gasteiger partial charge in [-0.15, -0.1) is 0 Å². The van der Waals surface area contributed by atoms with E-state index in [1.807, 2.05) is 83.1 Å². The summed E-state index contributed by atoms with van der Waals surface area (Å²) < 4.78 is 48.2. The average molecular weight is 1410 g/mol. The number of aromatic nitrogens is 8. The fourth-order valence-electron chi connectivity index (χ4n) is 11.4. The quantitative estimate of drug-likeness (QED) is 0.0402. The summed E-state index contributed by atoms with van der Waals surface area (Å²) in [4.78, 5) is 34.0. The van der Waals surface area contributed by atoms with E-state index in [-0.39, 0.29) is 65.6 Å². The standard InChI is InChI=1S/2C21H34N2O5.C15H26N2O5.C12H20N2O7/c1-8-12(3)17-19(28-21(6,7)26-17)14-11-22-13(10-23-14)18-16(24)15(9-2)25-20(4,5)27-18;1-8-12(3)16-17(26-20(4,5)25-16)13-10-23-14(11-22-13)18-19(15(24)9-2)28-21(6,7)27-18;1-4-8(3)12(19)13(20)9-6-17-10(7-16-9)14(21)15(22)11(18)5-2;15-4-9(18)8(17)1-6-2-13-3-7(14-6)11(20)12(21)10(19)5-16/h2*10-12,15-19,24H,8-9H2,1-7H3;6-8,11-15,18-22H,4-5H2,1-3H3;2-3,8-12,15-21H,1,4-5H2. The molecule has 4 aromatic rings. The Morgan fingerprint density at radius 2 is 0.788 bits per heavy atom. The van der Waals surface area contributed by atoms with Crippen molar-refractivity contribution in [1.29, 1.82) is 0 Å². The van der Waals surface area contributed by atoms with Crippen LogP contribution in [0.25, 0.3) is 0 Å². The van der Waals surface area contributed by atoms with Gasteiger partial charge in [-0.3, -0.25) is 39.9 Å². The average Bonchev–Trinajstić information content (AvgIpc) is 1.77. The van der Waals surface area contributed by atoms with Crippen molar-refractivity contribution in [2.24, 2.45) is 17.8 Å².